The summed E-state index contributed by atoms with van der Waals surface area (Å²) < 4.78 is 0. The molecule has 0 aromatic rings. The SMILES string of the molecule is CC(CC(=O)O)NC(=O)N1CCN(C)C(=O)C1. The lowest BCUT2D eigenvalue weighted by molar-refractivity contribution is -0.137. The van der Waals surface area contributed by atoms with Gasteiger partial charge in [-0.2, -0.15) is 0 Å². The number of urea groups is 1. The van der Waals surface area contributed by atoms with Gasteiger partial charge >= 0.3 is 12.0 Å². The maximum Gasteiger partial charge on any atom is 0.318 e. The van der Waals surface area contributed by atoms with E-state index in [1.165, 1.54) is 4.90 Å². The van der Waals surface area contributed by atoms with E-state index in [1.54, 1.807) is 18.9 Å². The molecule has 1 atom stereocenters. The van der Waals surface area contributed by atoms with Crippen LogP contribution in [0.2, 0.25) is 0 Å². The Morgan fingerprint density at radius 2 is 2.12 bits per heavy atom. The average molecular weight is 243 g/mol. The Bertz CT molecular complexity index is 332. The van der Waals surface area contributed by atoms with Crippen molar-refractivity contribution in [3.8, 4) is 0 Å². The summed E-state index contributed by atoms with van der Waals surface area (Å²) in [5.41, 5.74) is 0. The molecule has 0 saturated carbocycles. The highest BCUT2D eigenvalue weighted by Gasteiger charge is 2.25. The molecular weight excluding hydrogens is 226 g/mol. The first-order valence-corrected chi connectivity index (χ1v) is 5.41. The van der Waals surface area contributed by atoms with Gasteiger partial charge in [-0.15, -0.1) is 0 Å². The van der Waals surface area contributed by atoms with Gasteiger partial charge in [0.1, 0.15) is 6.54 Å². The number of hydrogen-bond donors (Lipinski definition) is 2. The van der Waals surface area contributed by atoms with E-state index in [0.29, 0.717) is 13.1 Å². The van der Waals surface area contributed by atoms with Crippen LogP contribution < -0.4 is 5.32 Å². The zero-order valence-corrected chi connectivity index (χ0v) is 9.97. The van der Waals surface area contributed by atoms with Crippen molar-refractivity contribution in [2.24, 2.45) is 0 Å². The summed E-state index contributed by atoms with van der Waals surface area (Å²) in [6, 6.07) is -0.838. The van der Waals surface area contributed by atoms with Crippen molar-refractivity contribution in [3.63, 3.8) is 0 Å². The zero-order valence-electron chi connectivity index (χ0n) is 9.97. The highest BCUT2D eigenvalue weighted by Crippen LogP contribution is 2.02. The van der Waals surface area contributed by atoms with Gasteiger partial charge in [0.05, 0.1) is 6.42 Å². The van der Waals surface area contributed by atoms with Crippen LogP contribution in [-0.4, -0.2) is 65.5 Å². The van der Waals surface area contributed by atoms with Crippen molar-refractivity contribution in [3.05, 3.63) is 0 Å². The minimum Gasteiger partial charge on any atom is -0.481 e. The maximum atomic E-state index is 11.7. The van der Waals surface area contributed by atoms with Crippen molar-refractivity contribution in [1.82, 2.24) is 15.1 Å². The molecule has 0 spiro atoms. The van der Waals surface area contributed by atoms with Crippen LogP contribution in [-0.2, 0) is 9.59 Å². The number of carbonyl (C=O) groups excluding carboxylic acids is 2. The minimum atomic E-state index is -0.966. The van der Waals surface area contributed by atoms with E-state index >= 15 is 0 Å². The van der Waals surface area contributed by atoms with Crippen LogP contribution in [0.1, 0.15) is 13.3 Å². The third kappa shape index (κ3) is 3.93. The molecule has 0 bridgehead atoms. The number of nitrogens with zero attached hydrogens (tertiary/aromatic N) is 2. The van der Waals surface area contributed by atoms with Crippen molar-refractivity contribution < 1.29 is 19.5 Å². The third-order valence-electron chi connectivity index (χ3n) is 2.60. The van der Waals surface area contributed by atoms with Gasteiger partial charge in [-0.1, -0.05) is 0 Å². The van der Waals surface area contributed by atoms with E-state index in [9.17, 15) is 14.4 Å². The molecule has 7 nitrogen and oxygen atoms in total. The second-order valence-electron chi connectivity index (χ2n) is 4.19. The van der Waals surface area contributed by atoms with Gasteiger partial charge in [-0.3, -0.25) is 9.59 Å². The summed E-state index contributed by atoms with van der Waals surface area (Å²) in [5.74, 6) is -1.08. The predicted molar refractivity (Wildman–Crippen MR) is 59.5 cm³/mol. The predicted octanol–water partition coefficient (Wildman–Crippen LogP) is -0.667. The second kappa shape index (κ2) is 5.51. The largest absolute Gasteiger partial charge is 0.481 e. The Morgan fingerprint density at radius 3 is 2.65 bits per heavy atom. The fraction of sp³-hybridized carbons (Fsp3) is 0.700. The van der Waals surface area contributed by atoms with Crippen LogP contribution in [0.4, 0.5) is 4.79 Å². The number of nitrogens with one attached hydrogen (secondary N) is 1. The van der Waals surface area contributed by atoms with Gasteiger partial charge in [0.2, 0.25) is 5.91 Å². The Morgan fingerprint density at radius 1 is 1.47 bits per heavy atom. The summed E-state index contributed by atoms with van der Waals surface area (Å²) in [4.78, 5) is 36.5. The monoisotopic (exact) mass is 243 g/mol. The molecule has 1 aliphatic rings. The fourth-order valence-electron chi connectivity index (χ4n) is 1.55. The summed E-state index contributed by atoms with van der Waals surface area (Å²) in [6.07, 6.45) is -0.132. The maximum absolute atomic E-state index is 11.7. The lowest BCUT2D eigenvalue weighted by atomic mass is 10.2. The Kier molecular flexibility index (Phi) is 4.30. The van der Waals surface area contributed by atoms with Gasteiger partial charge in [0.15, 0.2) is 0 Å². The molecule has 2 N–H and O–H groups in total. The molecule has 1 heterocycles. The quantitative estimate of drug-likeness (QED) is 0.688. The van der Waals surface area contributed by atoms with Crippen LogP contribution in [0, 0.1) is 0 Å². The number of carboxylic acids is 1. The Labute approximate surface area is 99.4 Å². The first kappa shape index (κ1) is 13.3. The van der Waals surface area contributed by atoms with Crippen LogP contribution >= 0.6 is 0 Å². The molecule has 1 aliphatic heterocycles. The number of carboxylic acid groups (broad SMARTS) is 1. The van der Waals surface area contributed by atoms with Gasteiger partial charge < -0.3 is 20.2 Å². The number of aliphatic carboxylic acids is 1. The zero-order chi connectivity index (χ0) is 13.0. The number of likely N-dealkylation sites (N-methyl/N-ethyl adjacent to an activating group) is 1. The lowest BCUT2D eigenvalue weighted by Gasteiger charge is -2.32. The van der Waals surface area contributed by atoms with Crippen molar-refractivity contribution in [2.45, 2.75) is 19.4 Å². The Hall–Kier alpha value is -1.79. The molecule has 1 fully saturated rings. The number of carbonyl (C=O) groups is 3. The van der Waals surface area contributed by atoms with Gasteiger partial charge in [-0.25, -0.2) is 4.79 Å². The van der Waals surface area contributed by atoms with Gasteiger partial charge in [0, 0.05) is 26.2 Å². The van der Waals surface area contributed by atoms with Crippen LogP contribution in [0.5, 0.6) is 0 Å². The smallest absolute Gasteiger partial charge is 0.318 e. The molecule has 96 valence electrons. The van der Waals surface area contributed by atoms with E-state index < -0.39 is 12.0 Å². The summed E-state index contributed by atoms with van der Waals surface area (Å²) in [5, 5.41) is 11.1. The van der Waals surface area contributed by atoms with Gasteiger partial charge in [-0.05, 0) is 6.92 Å². The molecule has 17 heavy (non-hydrogen) atoms. The highest BCUT2D eigenvalue weighted by atomic mass is 16.4. The van der Waals surface area contributed by atoms with Crippen molar-refractivity contribution in [2.75, 3.05) is 26.7 Å². The van der Waals surface area contributed by atoms with Gasteiger partial charge in [0.25, 0.3) is 0 Å². The van der Waals surface area contributed by atoms with Crippen LogP contribution in [0.25, 0.3) is 0 Å². The third-order valence-corrected chi connectivity index (χ3v) is 2.60. The molecule has 1 saturated heterocycles. The molecule has 1 unspecified atom stereocenters. The van der Waals surface area contributed by atoms with Crippen LogP contribution in [0.15, 0.2) is 0 Å². The number of piperazine rings is 1. The number of rotatable bonds is 3. The standard InChI is InChI=1S/C10H17N3O4/c1-7(5-9(15)16)11-10(17)13-4-3-12(2)8(14)6-13/h7H,3-6H2,1-2H3,(H,11,17)(H,15,16). The molecular formula is C10H17N3O4. The van der Waals surface area contributed by atoms with Crippen LogP contribution in [0.3, 0.4) is 0 Å². The second-order valence-corrected chi connectivity index (χ2v) is 4.19. The summed E-state index contributed by atoms with van der Waals surface area (Å²) in [6.45, 7) is 2.62. The first-order valence-electron chi connectivity index (χ1n) is 5.41. The lowest BCUT2D eigenvalue weighted by Crippen LogP contribution is -2.54. The molecule has 0 aromatic heterocycles. The van der Waals surface area contributed by atoms with E-state index in [0.717, 1.165) is 0 Å². The summed E-state index contributed by atoms with van der Waals surface area (Å²) in [7, 11) is 1.69. The summed E-state index contributed by atoms with van der Waals surface area (Å²) >= 11 is 0. The van der Waals surface area contributed by atoms with E-state index in [2.05, 4.69) is 5.32 Å². The normalized spacial score (nSPS) is 17.9. The molecule has 7 heteroatoms. The topological polar surface area (TPSA) is 89.9 Å². The molecule has 1 rings (SSSR count). The van der Waals surface area contributed by atoms with Crippen molar-refractivity contribution in [1.29, 1.82) is 0 Å². The molecule has 0 aromatic carbocycles. The highest BCUT2D eigenvalue weighted by molar-refractivity contribution is 5.85. The molecule has 0 radical (unpaired) electrons. The average Bonchev–Trinajstić information content (AvgIpc) is 2.20. The Balaban J connectivity index is 2.43. The number of hydrogen-bond acceptors (Lipinski definition) is 3. The van der Waals surface area contributed by atoms with E-state index in [1.807, 2.05) is 0 Å². The molecule has 3 amide bonds. The van der Waals surface area contributed by atoms with E-state index in [4.69, 9.17) is 5.11 Å². The number of amides is 3. The fourth-order valence-corrected chi connectivity index (χ4v) is 1.55. The van der Waals surface area contributed by atoms with Crippen molar-refractivity contribution >= 4 is 17.9 Å². The van der Waals surface area contributed by atoms with E-state index in [-0.39, 0.29) is 24.9 Å². The first-order chi connectivity index (χ1) is 7.90. The molecule has 0 aliphatic carbocycles. The minimum absolute atomic E-state index is 0.0438.